The van der Waals surface area contributed by atoms with Gasteiger partial charge in [0.2, 0.25) is 0 Å². The second kappa shape index (κ2) is 6.96. The van der Waals surface area contributed by atoms with Crippen molar-refractivity contribution in [2.45, 2.75) is 19.9 Å². The number of hydrogen-bond donors (Lipinski definition) is 0. The summed E-state index contributed by atoms with van der Waals surface area (Å²) < 4.78 is 30.2. The van der Waals surface area contributed by atoms with Gasteiger partial charge in [0.1, 0.15) is 6.33 Å². The smallest absolute Gasteiger partial charge is 0.308 e. The largest absolute Gasteiger partial charge is 0.346 e. The first kappa shape index (κ1) is 20.1. The molecule has 0 atom stereocenters. The van der Waals surface area contributed by atoms with E-state index < -0.39 is 10.2 Å². The van der Waals surface area contributed by atoms with Gasteiger partial charge < -0.3 is 9.47 Å². The number of para-hydroxylation sites is 1. The second-order valence-corrected chi connectivity index (χ2v) is 10.2. The molecule has 154 valence electrons. The van der Waals surface area contributed by atoms with Crippen LogP contribution in [0.15, 0.2) is 29.0 Å². The summed E-state index contributed by atoms with van der Waals surface area (Å²) in [5.41, 5.74) is 3.83. The summed E-state index contributed by atoms with van der Waals surface area (Å²) in [6.07, 6.45) is 2.03. The zero-order valence-electron chi connectivity index (χ0n) is 16.7. The Morgan fingerprint density at radius 3 is 2.69 bits per heavy atom. The summed E-state index contributed by atoms with van der Waals surface area (Å²) in [6, 6.07) is 5.86. The van der Waals surface area contributed by atoms with E-state index >= 15 is 0 Å². The third-order valence-electron chi connectivity index (χ3n) is 5.52. The zero-order valence-corrected chi connectivity index (χ0v) is 19.1. The molecule has 10 heteroatoms. The number of hydrogen-bond acceptors (Lipinski definition) is 4. The van der Waals surface area contributed by atoms with E-state index in [0.29, 0.717) is 23.5 Å². The molecule has 4 rings (SSSR count). The first-order chi connectivity index (χ1) is 13.6. The van der Waals surface area contributed by atoms with E-state index in [1.807, 2.05) is 25.2 Å². The van der Waals surface area contributed by atoms with Crippen LogP contribution in [0.25, 0.3) is 10.9 Å². The van der Waals surface area contributed by atoms with Crippen LogP contribution < -0.4 is 0 Å². The van der Waals surface area contributed by atoms with Crippen LogP contribution >= 0.6 is 15.9 Å². The molecule has 0 spiro atoms. The van der Waals surface area contributed by atoms with Crippen molar-refractivity contribution in [2.75, 3.05) is 20.6 Å². The molecular weight excluding hydrogens is 458 g/mol. The van der Waals surface area contributed by atoms with Gasteiger partial charge in [0.25, 0.3) is 5.91 Å². The molecule has 0 unspecified atom stereocenters. The molecule has 0 saturated heterocycles. The number of aromatic nitrogens is 3. The lowest BCUT2D eigenvalue weighted by Gasteiger charge is -2.27. The molecule has 29 heavy (non-hydrogen) atoms. The van der Waals surface area contributed by atoms with Crippen LogP contribution in [0.4, 0.5) is 0 Å². The number of imidazole rings is 1. The Morgan fingerprint density at radius 1 is 1.28 bits per heavy atom. The van der Waals surface area contributed by atoms with Crippen LogP contribution in [0.3, 0.4) is 0 Å². The Labute approximate surface area is 178 Å². The molecular formula is C19H22BrN5O3S. The number of benzene rings is 1. The molecule has 0 fully saturated rings. The number of carbonyl (C=O) groups is 1. The molecule has 1 aliphatic heterocycles. The number of aryl methyl sites for hydroxylation is 1. The minimum Gasteiger partial charge on any atom is -0.346 e. The van der Waals surface area contributed by atoms with Crippen molar-refractivity contribution in [1.29, 1.82) is 0 Å². The predicted octanol–water partition coefficient (Wildman–Crippen LogP) is 2.30. The maximum Gasteiger partial charge on any atom is 0.308 e. The summed E-state index contributed by atoms with van der Waals surface area (Å²) in [5.74, 6) is -0.0561. The van der Waals surface area contributed by atoms with Crippen molar-refractivity contribution in [3.8, 4) is 0 Å². The molecule has 0 bridgehead atoms. The van der Waals surface area contributed by atoms with Gasteiger partial charge in [-0.25, -0.2) is 8.96 Å². The third kappa shape index (κ3) is 3.01. The number of amides is 1. The zero-order chi connectivity index (χ0) is 21.1. The van der Waals surface area contributed by atoms with Crippen molar-refractivity contribution >= 4 is 42.9 Å². The molecule has 0 radical (unpaired) electrons. The summed E-state index contributed by atoms with van der Waals surface area (Å²) in [4.78, 5) is 19.3. The lowest BCUT2D eigenvalue weighted by atomic mass is 10.0. The Balaban J connectivity index is 1.70. The standard InChI is InChI=1S/C19H22BrN5O3S/c1-12-15(21-11-25(12)29(27,28)22(2)3)10-24-9-8-16-17(19(24)26)13-6-5-7-14(20)18(13)23(16)4/h5-7,11H,8-10H2,1-4H3. The lowest BCUT2D eigenvalue weighted by Crippen LogP contribution is -2.37. The van der Waals surface area contributed by atoms with E-state index in [0.717, 1.165) is 35.8 Å². The maximum atomic E-state index is 13.3. The van der Waals surface area contributed by atoms with Crippen LogP contribution in [-0.4, -0.2) is 57.7 Å². The van der Waals surface area contributed by atoms with Gasteiger partial charge in [-0.05, 0) is 28.9 Å². The van der Waals surface area contributed by atoms with Crippen LogP contribution in [-0.2, 0) is 30.2 Å². The highest BCUT2D eigenvalue weighted by atomic mass is 79.9. The van der Waals surface area contributed by atoms with E-state index in [-0.39, 0.29) is 12.5 Å². The number of carbonyl (C=O) groups excluding carboxylic acids is 1. The Bertz CT molecular complexity index is 1240. The van der Waals surface area contributed by atoms with E-state index in [9.17, 15) is 13.2 Å². The summed E-state index contributed by atoms with van der Waals surface area (Å²) in [7, 11) is 1.28. The average molecular weight is 480 g/mol. The van der Waals surface area contributed by atoms with Crippen LogP contribution in [0.5, 0.6) is 0 Å². The Morgan fingerprint density at radius 2 is 2.00 bits per heavy atom. The molecule has 0 aliphatic carbocycles. The van der Waals surface area contributed by atoms with Gasteiger partial charge in [-0.1, -0.05) is 12.1 Å². The maximum absolute atomic E-state index is 13.3. The monoisotopic (exact) mass is 479 g/mol. The highest BCUT2D eigenvalue weighted by Gasteiger charge is 2.31. The van der Waals surface area contributed by atoms with Crippen molar-refractivity contribution in [3.05, 3.63) is 51.6 Å². The van der Waals surface area contributed by atoms with Crippen LogP contribution in [0, 0.1) is 6.92 Å². The van der Waals surface area contributed by atoms with Gasteiger partial charge >= 0.3 is 10.2 Å². The van der Waals surface area contributed by atoms with Gasteiger partial charge in [0, 0.05) is 49.7 Å². The molecule has 0 saturated carbocycles. The third-order valence-corrected chi connectivity index (χ3v) is 7.95. The number of nitrogens with zero attached hydrogens (tertiary/aromatic N) is 5. The van der Waals surface area contributed by atoms with Crippen LogP contribution in [0.1, 0.15) is 27.4 Å². The van der Waals surface area contributed by atoms with Gasteiger partial charge in [0.05, 0.1) is 29.0 Å². The van der Waals surface area contributed by atoms with E-state index in [1.54, 1.807) is 11.8 Å². The van der Waals surface area contributed by atoms with E-state index in [2.05, 4.69) is 25.5 Å². The van der Waals surface area contributed by atoms with Crippen molar-refractivity contribution < 1.29 is 13.2 Å². The number of rotatable bonds is 4. The van der Waals surface area contributed by atoms with Gasteiger partial charge in [-0.3, -0.25) is 4.79 Å². The first-order valence-corrected chi connectivity index (χ1v) is 11.3. The van der Waals surface area contributed by atoms with Gasteiger partial charge in [-0.2, -0.15) is 12.7 Å². The van der Waals surface area contributed by atoms with Gasteiger partial charge in [0.15, 0.2) is 0 Å². The molecule has 1 amide bonds. The Hall–Kier alpha value is -2.17. The first-order valence-electron chi connectivity index (χ1n) is 9.15. The SMILES string of the molecule is Cc1c(CN2CCc3c(c4cccc(Br)c4n3C)C2=O)ncn1S(=O)(=O)N(C)C. The van der Waals surface area contributed by atoms with Crippen molar-refractivity contribution in [2.24, 2.45) is 7.05 Å². The molecule has 1 aromatic carbocycles. The van der Waals surface area contributed by atoms with Crippen molar-refractivity contribution in [3.63, 3.8) is 0 Å². The summed E-state index contributed by atoms with van der Waals surface area (Å²) >= 11 is 3.59. The summed E-state index contributed by atoms with van der Waals surface area (Å²) in [6.45, 7) is 2.53. The fourth-order valence-corrected chi connectivity index (χ4v) is 5.47. The molecule has 3 heterocycles. The number of fused-ring (bicyclic) bond motifs is 3. The minimum absolute atomic E-state index is 0.0561. The molecule has 0 N–H and O–H groups in total. The normalized spacial score (nSPS) is 14.8. The lowest BCUT2D eigenvalue weighted by molar-refractivity contribution is 0.0725. The fraction of sp³-hybridized carbons (Fsp3) is 0.368. The number of halogens is 1. The molecule has 1 aliphatic rings. The minimum atomic E-state index is -3.64. The quantitative estimate of drug-likeness (QED) is 0.574. The molecule has 8 nitrogen and oxygen atoms in total. The predicted molar refractivity (Wildman–Crippen MR) is 114 cm³/mol. The Kier molecular flexibility index (Phi) is 4.83. The van der Waals surface area contributed by atoms with Crippen molar-refractivity contribution in [1.82, 2.24) is 22.7 Å². The fourth-order valence-electron chi connectivity index (χ4n) is 3.87. The highest BCUT2D eigenvalue weighted by molar-refractivity contribution is 9.10. The molecule has 2 aromatic heterocycles. The van der Waals surface area contributed by atoms with Crippen LogP contribution in [0.2, 0.25) is 0 Å². The molecule has 3 aromatic rings. The topological polar surface area (TPSA) is 80.4 Å². The van der Waals surface area contributed by atoms with Gasteiger partial charge in [-0.15, -0.1) is 0 Å². The highest BCUT2D eigenvalue weighted by Crippen LogP contribution is 2.34. The van der Waals surface area contributed by atoms with E-state index in [4.69, 9.17) is 0 Å². The summed E-state index contributed by atoms with van der Waals surface area (Å²) in [5, 5.41) is 0.920. The van der Waals surface area contributed by atoms with E-state index in [1.165, 1.54) is 20.4 Å². The second-order valence-electron chi connectivity index (χ2n) is 7.36. The average Bonchev–Trinajstić information content (AvgIpc) is 3.17.